The van der Waals surface area contributed by atoms with Gasteiger partial charge in [-0.2, -0.15) is 0 Å². The first-order valence-electron chi connectivity index (χ1n) is 5.52. The van der Waals surface area contributed by atoms with Gasteiger partial charge in [0.25, 0.3) is 0 Å². The molecule has 1 heterocycles. The van der Waals surface area contributed by atoms with E-state index in [-0.39, 0.29) is 16.9 Å². The molecule has 0 radical (unpaired) electrons. The largest absolute Gasteiger partial charge is 0.372 e. The minimum atomic E-state index is -0.385. The van der Waals surface area contributed by atoms with Crippen molar-refractivity contribution in [2.45, 2.75) is 25.6 Å². The second-order valence-electron chi connectivity index (χ2n) is 4.03. The Bertz CT molecular complexity index is 353. The van der Waals surface area contributed by atoms with Crippen molar-refractivity contribution in [2.24, 2.45) is 0 Å². The highest BCUT2D eigenvalue weighted by Crippen LogP contribution is 2.17. The molecule has 2 rings (SSSR count). The van der Waals surface area contributed by atoms with Gasteiger partial charge in [-0.05, 0) is 37.1 Å². The molecule has 16 heavy (non-hydrogen) atoms. The van der Waals surface area contributed by atoms with Crippen LogP contribution in [0.3, 0.4) is 0 Å². The van der Waals surface area contributed by atoms with E-state index in [0.29, 0.717) is 6.61 Å². The van der Waals surface area contributed by atoms with E-state index >= 15 is 0 Å². The summed E-state index contributed by atoms with van der Waals surface area (Å²) in [6, 6.07) is 4.79. The molecule has 0 aromatic heterocycles. The normalized spacial score (nSPS) is 21.0. The van der Waals surface area contributed by atoms with E-state index in [1.807, 2.05) is 0 Å². The zero-order valence-electron chi connectivity index (χ0n) is 9.01. The Morgan fingerprint density at radius 2 is 2.38 bits per heavy atom. The number of benzene rings is 1. The highest BCUT2D eigenvalue weighted by molar-refractivity contribution is 6.30. The van der Waals surface area contributed by atoms with Gasteiger partial charge in [0, 0.05) is 6.54 Å². The Morgan fingerprint density at radius 1 is 1.50 bits per heavy atom. The van der Waals surface area contributed by atoms with Gasteiger partial charge in [-0.1, -0.05) is 17.7 Å². The molecular weight excluding hydrogens is 229 g/mol. The van der Waals surface area contributed by atoms with E-state index in [2.05, 4.69) is 5.32 Å². The van der Waals surface area contributed by atoms with E-state index in [1.165, 1.54) is 6.07 Å². The molecule has 4 heteroatoms. The predicted octanol–water partition coefficient (Wildman–Crippen LogP) is 2.75. The predicted molar refractivity (Wildman–Crippen MR) is 62.1 cm³/mol. The van der Waals surface area contributed by atoms with E-state index in [9.17, 15) is 4.39 Å². The number of piperidine rings is 1. The fourth-order valence-electron chi connectivity index (χ4n) is 1.81. The van der Waals surface area contributed by atoms with E-state index < -0.39 is 0 Å². The maximum atomic E-state index is 13.1. The third-order valence-electron chi connectivity index (χ3n) is 2.72. The van der Waals surface area contributed by atoms with Crippen molar-refractivity contribution < 1.29 is 9.13 Å². The third kappa shape index (κ3) is 3.17. The highest BCUT2D eigenvalue weighted by Gasteiger charge is 2.13. The van der Waals surface area contributed by atoms with Crippen LogP contribution >= 0.6 is 11.6 Å². The monoisotopic (exact) mass is 243 g/mol. The second-order valence-corrected chi connectivity index (χ2v) is 4.44. The van der Waals surface area contributed by atoms with Crippen LogP contribution in [0.5, 0.6) is 0 Å². The Balaban J connectivity index is 1.86. The molecule has 0 saturated carbocycles. The Hall–Kier alpha value is -0.640. The fraction of sp³-hybridized carbons (Fsp3) is 0.500. The lowest BCUT2D eigenvalue weighted by atomic mass is 10.1. The smallest absolute Gasteiger partial charge is 0.142 e. The lowest BCUT2D eigenvalue weighted by molar-refractivity contribution is 0.0252. The Kier molecular flexibility index (Phi) is 4.16. The van der Waals surface area contributed by atoms with Gasteiger partial charge >= 0.3 is 0 Å². The molecule has 1 aliphatic rings. The molecule has 1 saturated heterocycles. The average Bonchev–Trinajstić information content (AvgIpc) is 2.32. The van der Waals surface area contributed by atoms with Crippen molar-refractivity contribution in [3.63, 3.8) is 0 Å². The number of hydrogen-bond donors (Lipinski definition) is 1. The summed E-state index contributed by atoms with van der Waals surface area (Å²) in [5.41, 5.74) is 0.826. The molecule has 0 amide bonds. The van der Waals surface area contributed by atoms with Gasteiger partial charge in [0.2, 0.25) is 0 Å². The van der Waals surface area contributed by atoms with Crippen LogP contribution in [0.25, 0.3) is 0 Å². The second kappa shape index (κ2) is 5.62. The molecule has 0 bridgehead atoms. The van der Waals surface area contributed by atoms with Crippen LogP contribution in [-0.2, 0) is 11.3 Å². The molecule has 2 nitrogen and oxygen atoms in total. The van der Waals surface area contributed by atoms with Crippen molar-refractivity contribution >= 4 is 11.6 Å². The van der Waals surface area contributed by atoms with Gasteiger partial charge in [0.1, 0.15) is 5.82 Å². The Labute approximate surface area is 99.7 Å². The van der Waals surface area contributed by atoms with Gasteiger partial charge in [0.05, 0.1) is 17.7 Å². The average molecular weight is 244 g/mol. The summed E-state index contributed by atoms with van der Waals surface area (Å²) < 4.78 is 18.8. The van der Waals surface area contributed by atoms with Crippen LogP contribution < -0.4 is 5.32 Å². The summed E-state index contributed by atoms with van der Waals surface area (Å²) in [5.74, 6) is -0.385. The van der Waals surface area contributed by atoms with Crippen LogP contribution in [0.15, 0.2) is 18.2 Å². The molecule has 1 fully saturated rings. The zero-order chi connectivity index (χ0) is 11.4. The van der Waals surface area contributed by atoms with Crippen LogP contribution in [0.1, 0.15) is 18.4 Å². The zero-order valence-corrected chi connectivity index (χ0v) is 9.77. The van der Waals surface area contributed by atoms with Crippen molar-refractivity contribution in [2.75, 3.05) is 13.1 Å². The number of nitrogens with one attached hydrogen (secondary N) is 1. The number of ether oxygens (including phenoxy) is 1. The lowest BCUT2D eigenvalue weighted by Crippen LogP contribution is -2.35. The molecule has 1 aliphatic heterocycles. The van der Waals surface area contributed by atoms with Gasteiger partial charge in [0.15, 0.2) is 0 Å². The molecule has 1 unspecified atom stereocenters. The highest BCUT2D eigenvalue weighted by atomic mass is 35.5. The van der Waals surface area contributed by atoms with E-state index in [1.54, 1.807) is 12.1 Å². The summed E-state index contributed by atoms with van der Waals surface area (Å²) in [5, 5.41) is 3.43. The number of hydrogen-bond acceptors (Lipinski definition) is 2. The maximum absolute atomic E-state index is 13.1. The van der Waals surface area contributed by atoms with E-state index in [4.69, 9.17) is 16.3 Å². The van der Waals surface area contributed by atoms with Crippen molar-refractivity contribution in [1.82, 2.24) is 5.32 Å². The molecule has 1 N–H and O–H groups in total. The SMILES string of the molecule is Fc1cc(COC2CCCNC2)ccc1Cl. The standard InChI is InChI=1S/C12H15ClFNO/c13-11-4-3-9(6-12(11)14)8-16-10-2-1-5-15-7-10/h3-4,6,10,15H,1-2,5,7-8H2. The summed E-state index contributed by atoms with van der Waals surface area (Å²) in [7, 11) is 0. The summed E-state index contributed by atoms with van der Waals surface area (Å²) >= 11 is 5.60. The summed E-state index contributed by atoms with van der Waals surface area (Å²) in [6.45, 7) is 2.39. The fourth-order valence-corrected chi connectivity index (χ4v) is 1.92. The molecule has 0 aliphatic carbocycles. The van der Waals surface area contributed by atoms with Crippen LogP contribution in [0.2, 0.25) is 5.02 Å². The number of rotatable bonds is 3. The minimum absolute atomic E-state index is 0.156. The first-order valence-corrected chi connectivity index (χ1v) is 5.90. The molecule has 1 aromatic carbocycles. The molecule has 88 valence electrons. The summed E-state index contributed by atoms with van der Waals surface area (Å²) in [4.78, 5) is 0. The molecule has 1 atom stereocenters. The van der Waals surface area contributed by atoms with Gasteiger partial charge < -0.3 is 10.1 Å². The van der Waals surface area contributed by atoms with Crippen molar-refractivity contribution in [3.8, 4) is 0 Å². The first-order chi connectivity index (χ1) is 7.75. The third-order valence-corrected chi connectivity index (χ3v) is 3.03. The maximum Gasteiger partial charge on any atom is 0.142 e. The van der Waals surface area contributed by atoms with Crippen LogP contribution in [-0.4, -0.2) is 19.2 Å². The Morgan fingerprint density at radius 3 is 3.06 bits per heavy atom. The summed E-state index contributed by atoms with van der Waals surface area (Å²) in [6.07, 6.45) is 2.45. The van der Waals surface area contributed by atoms with Gasteiger partial charge in [-0.25, -0.2) is 4.39 Å². The lowest BCUT2D eigenvalue weighted by Gasteiger charge is -2.23. The quantitative estimate of drug-likeness (QED) is 0.882. The van der Waals surface area contributed by atoms with Crippen LogP contribution in [0.4, 0.5) is 4.39 Å². The van der Waals surface area contributed by atoms with Crippen molar-refractivity contribution in [1.29, 1.82) is 0 Å². The first kappa shape index (κ1) is 11.8. The molecular formula is C12H15ClFNO. The number of halogens is 2. The van der Waals surface area contributed by atoms with Crippen molar-refractivity contribution in [3.05, 3.63) is 34.6 Å². The molecule has 0 spiro atoms. The van der Waals surface area contributed by atoms with E-state index in [0.717, 1.165) is 31.5 Å². The minimum Gasteiger partial charge on any atom is -0.372 e. The van der Waals surface area contributed by atoms with Gasteiger partial charge in [-0.15, -0.1) is 0 Å². The van der Waals surface area contributed by atoms with Gasteiger partial charge in [-0.3, -0.25) is 0 Å². The topological polar surface area (TPSA) is 21.3 Å². The van der Waals surface area contributed by atoms with Crippen LogP contribution in [0, 0.1) is 5.82 Å². The molecule has 1 aromatic rings.